The van der Waals surface area contributed by atoms with Gasteiger partial charge in [-0.05, 0) is 17.7 Å². The lowest BCUT2D eigenvalue weighted by Gasteiger charge is -2.01. The Hall–Kier alpha value is -2.13. The number of nitrogens with zero attached hydrogens (tertiary/aromatic N) is 1. The molecule has 0 radical (unpaired) electrons. The van der Waals surface area contributed by atoms with E-state index in [0.717, 1.165) is 5.56 Å². The summed E-state index contributed by atoms with van der Waals surface area (Å²) in [5.41, 5.74) is 1.74. The quantitative estimate of drug-likeness (QED) is 0.864. The summed E-state index contributed by atoms with van der Waals surface area (Å²) in [4.78, 5) is 15.3. The molecule has 0 aliphatic carbocycles. The van der Waals surface area contributed by atoms with Gasteiger partial charge in [0.2, 0.25) is 0 Å². The fourth-order valence-electron chi connectivity index (χ4n) is 1.67. The second kappa shape index (κ2) is 6.16. The SMILES string of the molecule is O=C(O)c1ccccc1C=NCc1ccccc1Cl. The summed E-state index contributed by atoms with van der Waals surface area (Å²) < 4.78 is 0. The Bertz CT molecular complexity index is 623. The van der Waals surface area contributed by atoms with E-state index < -0.39 is 5.97 Å². The average molecular weight is 274 g/mol. The molecule has 0 unspecified atom stereocenters. The number of halogens is 1. The molecule has 2 aromatic carbocycles. The van der Waals surface area contributed by atoms with Gasteiger partial charge in [-0.25, -0.2) is 4.79 Å². The Kier molecular flexibility index (Phi) is 4.31. The van der Waals surface area contributed by atoms with E-state index in [-0.39, 0.29) is 5.56 Å². The lowest BCUT2D eigenvalue weighted by Crippen LogP contribution is -2.01. The van der Waals surface area contributed by atoms with Crippen molar-refractivity contribution in [3.8, 4) is 0 Å². The zero-order valence-electron chi connectivity index (χ0n) is 10.1. The number of hydrogen-bond acceptors (Lipinski definition) is 2. The smallest absolute Gasteiger partial charge is 0.336 e. The number of hydrogen-bond donors (Lipinski definition) is 1. The highest BCUT2D eigenvalue weighted by Crippen LogP contribution is 2.15. The summed E-state index contributed by atoms with van der Waals surface area (Å²) in [7, 11) is 0. The van der Waals surface area contributed by atoms with Gasteiger partial charge in [0.25, 0.3) is 0 Å². The van der Waals surface area contributed by atoms with Gasteiger partial charge in [0.1, 0.15) is 0 Å². The van der Waals surface area contributed by atoms with E-state index in [9.17, 15) is 4.79 Å². The van der Waals surface area contributed by atoms with Gasteiger partial charge in [0.05, 0.1) is 12.1 Å². The Balaban J connectivity index is 2.16. The van der Waals surface area contributed by atoms with Crippen LogP contribution in [-0.2, 0) is 6.54 Å². The van der Waals surface area contributed by atoms with Gasteiger partial charge in [-0.3, -0.25) is 4.99 Å². The number of carboxylic acids is 1. The summed E-state index contributed by atoms with van der Waals surface area (Å²) >= 11 is 6.02. The van der Waals surface area contributed by atoms with E-state index >= 15 is 0 Å². The van der Waals surface area contributed by atoms with Crippen molar-refractivity contribution in [1.82, 2.24) is 0 Å². The third-order valence-electron chi connectivity index (χ3n) is 2.64. The lowest BCUT2D eigenvalue weighted by molar-refractivity contribution is 0.0697. The third-order valence-corrected chi connectivity index (χ3v) is 3.01. The number of aliphatic imine (C=N–C) groups is 1. The van der Waals surface area contributed by atoms with Crippen molar-refractivity contribution in [2.75, 3.05) is 0 Å². The van der Waals surface area contributed by atoms with Crippen molar-refractivity contribution < 1.29 is 9.90 Å². The molecule has 2 rings (SSSR count). The first-order valence-electron chi connectivity index (χ1n) is 5.74. The molecule has 0 saturated heterocycles. The molecule has 0 atom stereocenters. The Labute approximate surface area is 116 Å². The maximum atomic E-state index is 11.0. The van der Waals surface area contributed by atoms with Crippen LogP contribution in [0.15, 0.2) is 53.5 Å². The molecule has 2 aromatic rings. The minimum atomic E-state index is -0.959. The van der Waals surface area contributed by atoms with Crippen molar-refractivity contribution in [3.05, 3.63) is 70.2 Å². The van der Waals surface area contributed by atoms with Gasteiger partial charge < -0.3 is 5.11 Å². The van der Waals surface area contributed by atoms with Crippen LogP contribution in [0.5, 0.6) is 0 Å². The summed E-state index contributed by atoms with van der Waals surface area (Å²) in [6, 6.07) is 14.2. The van der Waals surface area contributed by atoms with E-state index in [1.54, 1.807) is 36.5 Å². The molecule has 96 valence electrons. The predicted octanol–water partition coefficient (Wildman–Crippen LogP) is 3.66. The molecule has 0 bridgehead atoms. The van der Waals surface area contributed by atoms with Crippen LogP contribution in [0.25, 0.3) is 0 Å². The van der Waals surface area contributed by atoms with Gasteiger partial charge in [-0.2, -0.15) is 0 Å². The Morgan fingerprint density at radius 1 is 1.16 bits per heavy atom. The average Bonchev–Trinajstić information content (AvgIpc) is 2.41. The molecular formula is C15H12ClNO2. The molecule has 0 saturated carbocycles. The van der Waals surface area contributed by atoms with Crippen LogP contribution in [0, 0.1) is 0 Å². The first-order valence-corrected chi connectivity index (χ1v) is 6.12. The monoisotopic (exact) mass is 273 g/mol. The van der Waals surface area contributed by atoms with Gasteiger partial charge in [-0.15, -0.1) is 0 Å². The number of rotatable bonds is 4. The van der Waals surface area contributed by atoms with Crippen LogP contribution in [0.3, 0.4) is 0 Å². The minimum Gasteiger partial charge on any atom is -0.478 e. The van der Waals surface area contributed by atoms with Crippen molar-refractivity contribution in [1.29, 1.82) is 0 Å². The summed E-state index contributed by atoms with van der Waals surface area (Å²) in [6.07, 6.45) is 1.56. The number of carboxylic acid groups (broad SMARTS) is 1. The fourth-order valence-corrected chi connectivity index (χ4v) is 1.87. The summed E-state index contributed by atoms with van der Waals surface area (Å²) in [6.45, 7) is 0.424. The summed E-state index contributed by atoms with van der Waals surface area (Å²) in [5.74, 6) is -0.959. The molecule has 0 aromatic heterocycles. The summed E-state index contributed by atoms with van der Waals surface area (Å²) in [5, 5.41) is 9.70. The number of carbonyl (C=O) groups is 1. The van der Waals surface area contributed by atoms with Crippen LogP contribution >= 0.6 is 11.6 Å². The molecule has 0 aliphatic rings. The van der Waals surface area contributed by atoms with Gasteiger partial charge in [-0.1, -0.05) is 48.0 Å². The highest BCUT2D eigenvalue weighted by atomic mass is 35.5. The Morgan fingerprint density at radius 2 is 1.84 bits per heavy atom. The van der Waals surface area contributed by atoms with Crippen LogP contribution in [0.2, 0.25) is 5.02 Å². The zero-order chi connectivity index (χ0) is 13.7. The standard InChI is InChI=1S/C15H12ClNO2/c16-14-8-4-2-6-12(14)10-17-9-11-5-1-3-7-13(11)15(18)19/h1-9H,10H2,(H,18,19). The van der Waals surface area contributed by atoms with Crippen molar-refractivity contribution >= 4 is 23.8 Å². The topological polar surface area (TPSA) is 49.7 Å². The third kappa shape index (κ3) is 3.42. The molecule has 4 heteroatoms. The second-order valence-corrected chi connectivity index (χ2v) is 4.36. The molecule has 0 amide bonds. The second-order valence-electron chi connectivity index (χ2n) is 3.95. The van der Waals surface area contributed by atoms with Crippen LogP contribution in [0.4, 0.5) is 0 Å². The molecule has 1 N–H and O–H groups in total. The van der Waals surface area contributed by atoms with Crippen molar-refractivity contribution in [2.45, 2.75) is 6.54 Å². The van der Waals surface area contributed by atoms with E-state index in [1.807, 2.05) is 18.2 Å². The first-order chi connectivity index (χ1) is 9.18. The van der Waals surface area contributed by atoms with Crippen molar-refractivity contribution in [3.63, 3.8) is 0 Å². The normalized spacial score (nSPS) is 10.8. The molecular weight excluding hydrogens is 262 g/mol. The van der Waals surface area contributed by atoms with E-state index in [4.69, 9.17) is 16.7 Å². The molecule has 0 aliphatic heterocycles. The van der Waals surface area contributed by atoms with E-state index in [1.165, 1.54) is 0 Å². The van der Waals surface area contributed by atoms with Gasteiger partial charge >= 0.3 is 5.97 Å². The maximum absolute atomic E-state index is 11.0. The molecule has 3 nitrogen and oxygen atoms in total. The van der Waals surface area contributed by atoms with Crippen molar-refractivity contribution in [2.24, 2.45) is 4.99 Å². The lowest BCUT2D eigenvalue weighted by atomic mass is 10.1. The van der Waals surface area contributed by atoms with Gasteiger partial charge in [0.15, 0.2) is 0 Å². The van der Waals surface area contributed by atoms with Crippen LogP contribution in [0.1, 0.15) is 21.5 Å². The molecule has 19 heavy (non-hydrogen) atoms. The highest BCUT2D eigenvalue weighted by molar-refractivity contribution is 6.31. The fraction of sp³-hybridized carbons (Fsp3) is 0.0667. The molecule has 0 spiro atoms. The maximum Gasteiger partial charge on any atom is 0.336 e. The van der Waals surface area contributed by atoms with Crippen LogP contribution in [-0.4, -0.2) is 17.3 Å². The molecule has 0 heterocycles. The van der Waals surface area contributed by atoms with Gasteiger partial charge in [0, 0.05) is 16.8 Å². The first kappa shape index (κ1) is 13.3. The van der Waals surface area contributed by atoms with Crippen LogP contribution < -0.4 is 0 Å². The minimum absolute atomic E-state index is 0.241. The Morgan fingerprint density at radius 3 is 2.58 bits per heavy atom. The largest absolute Gasteiger partial charge is 0.478 e. The highest BCUT2D eigenvalue weighted by Gasteiger charge is 2.06. The number of aromatic carboxylic acids is 1. The van der Waals surface area contributed by atoms with E-state index in [2.05, 4.69) is 4.99 Å². The van der Waals surface area contributed by atoms with E-state index in [0.29, 0.717) is 17.1 Å². The zero-order valence-corrected chi connectivity index (χ0v) is 10.8. The predicted molar refractivity (Wildman–Crippen MR) is 76.2 cm³/mol. The molecule has 0 fully saturated rings. The number of benzene rings is 2.